The molecule has 5 heteroatoms. The first-order valence-corrected chi connectivity index (χ1v) is 4.73. The molecular formula is C9H7BrN2O2. The summed E-state index contributed by atoms with van der Waals surface area (Å²) in [6, 6.07) is 1.72. The Hall–Kier alpha value is -1.36. The van der Waals surface area contributed by atoms with Crippen LogP contribution < -0.4 is 5.73 Å². The van der Waals surface area contributed by atoms with E-state index in [0.29, 0.717) is 21.3 Å². The Balaban J connectivity index is 2.80. The molecule has 2 aromatic rings. The molecule has 14 heavy (non-hydrogen) atoms. The number of nitrogens with two attached hydrogens (primary N) is 1. The fourth-order valence-electron chi connectivity index (χ4n) is 1.26. The van der Waals surface area contributed by atoms with Crippen molar-refractivity contribution in [1.82, 2.24) is 4.98 Å². The van der Waals surface area contributed by atoms with Gasteiger partial charge in [-0.2, -0.15) is 0 Å². The van der Waals surface area contributed by atoms with Gasteiger partial charge in [0.2, 0.25) is 0 Å². The molecule has 0 radical (unpaired) electrons. The minimum atomic E-state index is -0.185. The Bertz CT molecular complexity index is 519. The van der Waals surface area contributed by atoms with Crippen molar-refractivity contribution in [1.29, 1.82) is 0 Å². The van der Waals surface area contributed by atoms with Gasteiger partial charge in [-0.1, -0.05) is 0 Å². The second-order valence-electron chi connectivity index (χ2n) is 2.90. The van der Waals surface area contributed by atoms with Crippen molar-refractivity contribution in [3.63, 3.8) is 0 Å². The third kappa shape index (κ3) is 1.29. The minimum Gasteiger partial charge on any atom is -0.449 e. The molecule has 0 unspecified atom stereocenters. The van der Waals surface area contributed by atoms with Gasteiger partial charge >= 0.3 is 0 Å². The van der Waals surface area contributed by atoms with Crippen LogP contribution in [0.5, 0.6) is 0 Å². The summed E-state index contributed by atoms with van der Waals surface area (Å²) in [6.07, 6.45) is 1.53. The van der Waals surface area contributed by atoms with Crippen LogP contribution in [0, 0.1) is 0 Å². The SMILES string of the molecule is CC(=O)c1oc2cnc(Br)cc2c1N. The molecule has 0 atom stereocenters. The van der Waals surface area contributed by atoms with Crippen LogP contribution >= 0.6 is 15.9 Å². The second-order valence-corrected chi connectivity index (χ2v) is 3.72. The van der Waals surface area contributed by atoms with Crippen LogP contribution in [0.15, 0.2) is 21.3 Å². The highest BCUT2D eigenvalue weighted by Crippen LogP contribution is 2.29. The molecule has 0 amide bonds. The Labute approximate surface area is 88.2 Å². The van der Waals surface area contributed by atoms with Crippen LogP contribution in [-0.4, -0.2) is 10.8 Å². The first kappa shape index (κ1) is 9.21. The number of furan rings is 1. The van der Waals surface area contributed by atoms with E-state index in [0.717, 1.165) is 0 Å². The molecule has 4 nitrogen and oxygen atoms in total. The van der Waals surface area contributed by atoms with E-state index >= 15 is 0 Å². The highest BCUT2D eigenvalue weighted by Gasteiger charge is 2.15. The van der Waals surface area contributed by atoms with Gasteiger partial charge in [-0.15, -0.1) is 0 Å². The Morgan fingerprint density at radius 2 is 2.36 bits per heavy atom. The smallest absolute Gasteiger partial charge is 0.197 e. The maximum absolute atomic E-state index is 11.1. The third-order valence-electron chi connectivity index (χ3n) is 1.90. The van der Waals surface area contributed by atoms with Gasteiger partial charge in [0.05, 0.1) is 11.9 Å². The molecule has 0 spiro atoms. The number of nitrogen functional groups attached to an aromatic ring is 1. The van der Waals surface area contributed by atoms with Crippen molar-refractivity contribution in [2.45, 2.75) is 6.92 Å². The monoisotopic (exact) mass is 254 g/mol. The molecule has 2 N–H and O–H groups in total. The summed E-state index contributed by atoms with van der Waals surface area (Å²) in [5.41, 5.74) is 6.64. The Kier molecular flexibility index (Phi) is 2.03. The van der Waals surface area contributed by atoms with Gasteiger partial charge in [-0.3, -0.25) is 4.79 Å². The zero-order valence-corrected chi connectivity index (χ0v) is 8.96. The fraction of sp³-hybridized carbons (Fsp3) is 0.111. The van der Waals surface area contributed by atoms with Crippen molar-refractivity contribution in [3.05, 3.63) is 22.6 Å². The Morgan fingerprint density at radius 1 is 1.64 bits per heavy atom. The van der Waals surface area contributed by atoms with Gasteiger partial charge in [-0.25, -0.2) is 4.98 Å². The van der Waals surface area contributed by atoms with Crippen molar-refractivity contribution < 1.29 is 9.21 Å². The summed E-state index contributed by atoms with van der Waals surface area (Å²) in [5.74, 6) is 0.00900. The number of halogens is 1. The predicted octanol–water partition coefficient (Wildman–Crippen LogP) is 2.38. The molecule has 2 aromatic heterocycles. The molecule has 0 fully saturated rings. The molecule has 0 bridgehead atoms. The van der Waals surface area contributed by atoms with Gasteiger partial charge in [0.1, 0.15) is 4.60 Å². The molecular weight excluding hydrogens is 248 g/mol. The molecule has 0 aliphatic carbocycles. The number of fused-ring (bicyclic) bond motifs is 1. The maximum atomic E-state index is 11.1. The number of anilines is 1. The summed E-state index contributed by atoms with van der Waals surface area (Å²) in [4.78, 5) is 15.1. The van der Waals surface area contributed by atoms with Crippen molar-refractivity contribution >= 4 is 38.4 Å². The Morgan fingerprint density at radius 3 is 3.00 bits per heavy atom. The average molecular weight is 255 g/mol. The molecule has 0 aromatic carbocycles. The van der Waals surface area contributed by atoms with Gasteiger partial charge in [0.25, 0.3) is 0 Å². The third-order valence-corrected chi connectivity index (χ3v) is 2.33. The van der Waals surface area contributed by atoms with E-state index in [1.54, 1.807) is 6.07 Å². The van der Waals surface area contributed by atoms with Crippen LogP contribution in [-0.2, 0) is 0 Å². The minimum absolute atomic E-state index is 0.185. The quantitative estimate of drug-likeness (QED) is 0.627. The first-order chi connectivity index (χ1) is 6.59. The number of hydrogen-bond donors (Lipinski definition) is 1. The standard InChI is InChI=1S/C9H7BrN2O2/c1-4(13)9-8(11)5-2-7(10)12-3-6(5)14-9/h2-3H,11H2,1H3. The van der Waals surface area contributed by atoms with Crippen LogP contribution in [0.4, 0.5) is 5.69 Å². The van der Waals surface area contributed by atoms with Gasteiger partial charge in [0.15, 0.2) is 17.1 Å². The lowest BCUT2D eigenvalue weighted by Crippen LogP contribution is -1.94. The topological polar surface area (TPSA) is 69.1 Å². The summed E-state index contributed by atoms with van der Waals surface area (Å²) >= 11 is 3.22. The number of pyridine rings is 1. The van der Waals surface area contributed by atoms with Gasteiger partial charge < -0.3 is 10.2 Å². The summed E-state index contributed by atoms with van der Waals surface area (Å²) in [7, 11) is 0. The zero-order chi connectivity index (χ0) is 10.3. The fourth-order valence-corrected chi connectivity index (χ4v) is 1.59. The van der Waals surface area contributed by atoms with Crippen molar-refractivity contribution in [2.24, 2.45) is 0 Å². The van der Waals surface area contributed by atoms with Crippen LogP contribution in [0.2, 0.25) is 0 Å². The van der Waals surface area contributed by atoms with E-state index in [1.165, 1.54) is 13.1 Å². The van der Waals surface area contributed by atoms with E-state index in [-0.39, 0.29) is 11.5 Å². The van der Waals surface area contributed by atoms with E-state index in [9.17, 15) is 4.79 Å². The van der Waals surface area contributed by atoms with Gasteiger partial charge in [-0.05, 0) is 22.0 Å². The molecule has 0 aliphatic heterocycles. The molecule has 2 rings (SSSR count). The largest absolute Gasteiger partial charge is 0.449 e. The second kappa shape index (κ2) is 3.09. The normalized spacial score (nSPS) is 10.7. The van der Waals surface area contributed by atoms with E-state index in [1.807, 2.05) is 0 Å². The molecule has 72 valence electrons. The van der Waals surface area contributed by atoms with Crippen molar-refractivity contribution in [3.8, 4) is 0 Å². The number of Topliss-reactive ketones (excluding diaryl/α,β-unsaturated/α-hetero) is 1. The van der Waals surface area contributed by atoms with Crippen molar-refractivity contribution in [2.75, 3.05) is 5.73 Å². The van der Waals surface area contributed by atoms with E-state index in [4.69, 9.17) is 10.2 Å². The highest BCUT2D eigenvalue weighted by molar-refractivity contribution is 9.10. The molecule has 2 heterocycles. The van der Waals surface area contributed by atoms with E-state index in [2.05, 4.69) is 20.9 Å². The summed E-state index contributed by atoms with van der Waals surface area (Å²) in [6.45, 7) is 1.41. The number of hydrogen-bond acceptors (Lipinski definition) is 4. The summed E-state index contributed by atoms with van der Waals surface area (Å²) in [5, 5.41) is 0.706. The lowest BCUT2D eigenvalue weighted by Gasteiger charge is -1.90. The molecule has 0 saturated heterocycles. The molecule has 0 saturated carbocycles. The van der Waals surface area contributed by atoms with Crippen LogP contribution in [0.25, 0.3) is 11.0 Å². The number of carbonyl (C=O) groups is 1. The predicted molar refractivity (Wildman–Crippen MR) is 56.1 cm³/mol. The van der Waals surface area contributed by atoms with Crippen LogP contribution in [0.1, 0.15) is 17.5 Å². The lowest BCUT2D eigenvalue weighted by atomic mass is 10.2. The number of nitrogens with zero attached hydrogens (tertiary/aromatic N) is 1. The number of rotatable bonds is 1. The first-order valence-electron chi connectivity index (χ1n) is 3.94. The lowest BCUT2D eigenvalue weighted by molar-refractivity contribution is 0.0990. The molecule has 0 aliphatic rings. The summed E-state index contributed by atoms with van der Waals surface area (Å²) < 4.78 is 5.92. The van der Waals surface area contributed by atoms with Gasteiger partial charge in [0, 0.05) is 12.3 Å². The zero-order valence-electron chi connectivity index (χ0n) is 7.37. The van der Waals surface area contributed by atoms with E-state index < -0.39 is 0 Å². The number of aromatic nitrogens is 1. The number of ketones is 1. The number of carbonyl (C=O) groups excluding carboxylic acids is 1. The maximum Gasteiger partial charge on any atom is 0.197 e. The highest BCUT2D eigenvalue weighted by atomic mass is 79.9. The van der Waals surface area contributed by atoms with Crippen LogP contribution in [0.3, 0.4) is 0 Å². The average Bonchev–Trinajstić information content (AvgIpc) is 2.44.